The Hall–Kier alpha value is -3.18. The maximum atomic E-state index is 13.6. The van der Waals surface area contributed by atoms with Gasteiger partial charge in [-0.1, -0.05) is 0 Å². The zero-order chi connectivity index (χ0) is 33.9. The van der Waals surface area contributed by atoms with Crippen LogP contribution in [0.5, 0.6) is 28.7 Å². The fraction of sp³-hybridized carbons (Fsp3) is 0.581. The Bertz CT molecular complexity index is 1570. The summed E-state index contributed by atoms with van der Waals surface area (Å²) in [5, 5.41) is 22.1. The number of hydrogen-bond acceptors (Lipinski definition) is 16. The van der Waals surface area contributed by atoms with Crippen LogP contribution in [0, 0.1) is 11.8 Å². The molecule has 262 valence electrons. The summed E-state index contributed by atoms with van der Waals surface area (Å²) < 4.78 is 74.0. The van der Waals surface area contributed by atoms with Crippen molar-refractivity contribution in [3.05, 3.63) is 41.0 Å². The number of aliphatic hydroxyl groups is 2. The van der Waals surface area contributed by atoms with Crippen molar-refractivity contribution in [2.24, 2.45) is 11.8 Å². The van der Waals surface area contributed by atoms with Gasteiger partial charge in [0, 0.05) is 18.5 Å². The molecule has 8 unspecified atom stereocenters. The van der Waals surface area contributed by atoms with E-state index in [9.17, 15) is 24.5 Å². The molecule has 3 fully saturated rings. The summed E-state index contributed by atoms with van der Waals surface area (Å²) in [4.78, 5) is 25.1. The van der Waals surface area contributed by atoms with Gasteiger partial charge in [0.1, 0.15) is 32.0 Å². The first-order chi connectivity index (χ1) is 23.0. The van der Waals surface area contributed by atoms with Crippen LogP contribution in [-0.2, 0) is 37.6 Å². The number of fused-ring (bicyclic) bond motifs is 4. The number of benzene rings is 2. The van der Waals surface area contributed by atoms with Gasteiger partial charge in [0.15, 0.2) is 42.4 Å². The fourth-order valence-electron chi connectivity index (χ4n) is 7.05. The highest BCUT2D eigenvalue weighted by Gasteiger charge is 2.56. The lowest BCUT2D eigenvalue weighted by atomic mass is 9.66. The molecule has 1 aliphatic carbocycles. The topological polar surface area (TPSA) is 199 Å². The summed E-state index contributed by atoms with van der Waals surface area (Å²) in [6.45, 7) is 2.11. The largest absolute Gasteiger partial charge is 0.779 e. The average molecular weight is 696 g/mol. The number of rotatable bonds is 9. The third kappa shape index (κ3) is 5.99. The molecular weight excluding hydrogens is 659 g/mol. The zero-order valence-corrected chi connectivity index (χ0v) is 27.4. The van der Waals surface area contributed by atoms with Gasteiger partial charge in [-0.2, -0.15) is 0 Å². The van der Waals surface area contributed by atoms with E-state index in [0.29, 0.717) is 28.2 Å². The summed E-state index contributed by atoms with van der Waals surface area (Å²) in [6.07, 6.45) is -7.06. The van der Waals surface area contributed by atoms with Gasteiger partial charge >= 0.3 is 5.97 Å². The van der Waals surface area contributed by atoms with Crippen molar-refractivity contribution in [2.45, 2.75) is 55.9 Å². The van der Waals surface area contributed by atoms with E-state index in [0.717, 1.165) is 6.66 Å². The first-order valence-electron chi connectivity index (χ1n) is 15.3. The summed E-state index contributed by atoms with van der Waals surface area (Å²) >= 11 is 0. The van der Waals surface area contributed by atoms with Crippen LogP contribution < -0.4 is 28.6 Å². The van der Waals surface area contributed by atoms with Crippen LogP contribution in [0.3, 0.4) is 0 Å². The molecule has 7 rings (SSSR count). The smallest absolute Gasteiger partial charge is 0.310 e. The van der Waals surface area contributed by atoms with Crippen molar-refractivity contribution in [2.75, 3.05) is 47.7 Å². The number of hydrogen-bond donors (Lipinski definition) is 2. The normalized spacial score (nSPS) is 34.7. The monoisotopic (exact) mass is 695 g/mol. The van der Waals surface area contributed by atoms with Crippen LogP contribution in [-0.4, -0.2) is 101 Å². The van der Waals surface area contributed by atoms with Crippen molar-refractivity contribution in [3.8, 4) is 28.7 Å². The molecule has 0 aromatic heterocycles. The number of ether oxygens (including phenoxy) is 10. The van der Waals surface area contributed by atoms with Crippen LogP contribution in [0.4, 0.5) is 0 Å². The SMILES string of the molecule is COc1cc(C2c3cc4c(cc3C(OC3O[C@@H]5COC(C)OC5C(O)C3O)[C@H]3COC(=O)[C@H]23)OCO4)cc(OC)c1OCOP(C)(=O)[O-]. The highest BCUT2D eigenvalue weighted by Crippen LogP contribution is 2.57. The van der Waals surface area contributed by atoms with Crippen molar-refractivity contribution >= 4 is 13.6 Å². The lowest BCUT2D eigenvalue weighted by molar-refractivity contribution is -0.364. The van der Waals surface area contributed by atoms with Gasteiger partial charge in [-0.3, -0.25) is 4.79 Å². The Kier molecular flexibility index (Phi) is 8.98. The average Bonchev–Trinajstić information content (AvgIpc) is 3.68. The molecular formula is C31H36O16P-. The van der Waals surface area contributed by atoms with Crippen LogP contribution in [0.1, 0.15) is 35.6 Å². The molecule has 2 aromatic carbocycles. The van der Waals surface area contributed by atoms with E-state index in [-0.39, 0.29) is 37.3 Å². The van der Waals surface area contributed by atoms with E-state index in [1.165, 1.54) is 14.2 Å². The van der Waals surface area contributed by atoms with Crippen LogP contribution in [0.2, 0.25) is 0 Å². The molecule has 4 heterocycles. The highest BCUT2D eigenvalue weighted by atomic mass is 31.2. The second kappa shape index (κ2) is 12.9. The van der Waals surface area contributed by atoms with Crippen LogP contribution >= 0.6 is 7.60 Å². The third-order valence-electron chi connectivity index (χ3n) is 9.22. The molecule has 3 saturated heterocycles. The maximum absolute atomic E-state index is 13.6. The third-order valence-corrected chi connectivity index (χ3v) is 9.79. The van der Waals surface area contributed by atoms with Gasteiger partial charge in [0.05, 0.1) is 39.5 Å². The van der Waals surface area contributed by atoms with E-state index < -0.39 is 81.2 Å². The van der Waals surface area contributed by atoms with E-state index in [2.05, 4.69) is 0 Å². The Balaban J connectivity index is 1.28. The molecule has 0 spiro atoms. The van der Waals surface area contributed by atoms with Crippen LogP contribution in [0.25, 0.3) is 0 Å². The second-order valence-corrected chi connectivity index (χ2v) is 13.9. The zero-order valence-electron chi connectivity index (χ0n) is 26.5. The lowest BCUT2D eigenvalue weighted by Crippen LogP contribution is -2.63. The first kappa shape index (κ1) is 33.3. The molecule has 16 nitrogen and oxygen atoms in total. The number of methoxy groups -OCH3 is 2. The summed E-state index contributed by atoms with van der Waals surface area (Å²) in [7, 11) is -1.26. The number of aliphatic hydroxyl groups excluding tert-OH is 2. The lowest BCUT2D eigenvalue weighted by Gasteiger charge is -2.47. The second-order valence-electron chi connectivity index (χ2n) is 12.1. The summed E-state index contributed by atoms with van der Waals surface area (Å²) in [6, 6.07) is 6.88. The predicted octanol–water partition coefficient (Wildman–Crippen LogP) is 1.17. The molecule has 2 aromatic rings. The molecule has 0 radical (unpaired) electrons. The predicted molar refractivity (Wildman–Crippen MR) is 157 cm³/mol. The molecule has 2 N–H and O–H groups in total. The molecule has 0 amide bonds. The maximum Gasteiger partial charge on any atom is 0.310 e. The van der Waals surface area contributed by atoms with Gasteiger partial charge in [-0.15, -0.1) is 0 Å². The summed E-state index contributed by atoms with van der Waals surface area (Å²) in [5.41, 5.74) is 1.86. The minimum atomic E-state index is -4.07. The molecule has 0 saturated carbocycles. The van der Waals surface area contributed by atoms with Gasteiger partial charge < -0.3 is 71.6 Å². The van der Waals surface area contributed by atoms with E-state index in [4.69, 9.17) is 51.9 Å². The molecule has 0 bridgehead atoms. The van der Waals surface area contributed by atoms with E-state index in [1.807, 2.05) is 0 Å². The van der Waals surface area contributed by atoms with Crippen molar-refractivity contribution < 1.29 is 76.4 Å². The van der Waals surface area contributed by atoms with E-state index >= 15 is 0 Å². The number of carbonyl (C=O) groups excluding carboxylic acids is 1. The van der Waals surface area contributed by atoms with Crippen molar-refractivity contribution in [1.29, 1.82) is 0 Å². The quantitative estimate of drug-likeness (QED) is 0.215. The molecule has 17 heteroatoms. The molecule has 11 atom stereocenters. The molecule has 5 aliphatic rings. The van der Waals surface area contributed by atoms with Crippen molar-refractivity contribution in [3.63, 3.8) is 0 Å². The number of cyclic esters (lactones) is 1. The molecule has 48 heavy (non-hydrogen) atoms. The van der Waals surface area contributed by atoms with Gasteiger partial charge in [-0.25, -0.2) is 0 Å². The number of carbonyl (C=O) groups is 1. The van der Waals surface area contributed by atoms with E-state index in [1.54, 1.807) is 31.2 Å². The summed E-state index contributed by atoms with van der Waals surface area (Å²) in [5.74, 6) is -1.08. The minimum Gasteiger partial charge on any atom is -0.779 e. The first-order valence-corrected chi connectivity index (χ1v) is 17.3. The van der Waals surface area contributed by atoms with Gasteiger partial charge in [-0.05, 0) is 47.9 Å². The van der Waals surface area contributed by atoms with Gasteiger partial charge in [0.2, 0.25) is 12.5 Å². The Morgan fingerprint density at radius 1 is 0.958 bits per heavy atom. The fourth-order valence-corrected chi connectivity index (χ4v) is 7.29. The number of esters is 1. The molecule has 4 aliphatic heterocycles. The Morgan fingerprint density at radius 2 is 1.65 bits per heavy atom. The highest BCUT2D eigenvalue weighted by molar-refractivity contribution is 7.50. The standard InChI is InChI=1S/C31H37O16P/c1-13-39-10-22-29(45-13)25(32)26(33)31(46-22)47-27-16-8-19-18(41-11-42-19)7-15(16)23(24-17(27)9-40-30(24)34)14-5-20(37-2)28(21(6-14)38-3)43-12-44-48(4,35)36/h5-8,13,17,22-27,29,31-33H,9-12H2,1-4H3,(H,35,36)/p-1/t13?,17-,22+,23?,24-,25?,26?,27?,29?,31?/m0/s1. The Morgan fingerprint density at radius 3 is 2.31 bits per heavy atom. The minimum absolute atomic E-state index is 0.00121. The van der Waals surface area contributed by atoms with Crippen LogP contribution in [0.15, 0.2) is 24.3 Å². The Labute approximate surface area is 275 Å². The van der Waals surface area contributed by atoms with Crippen molar-refractivity contribution in [1.82, 2.24) is 0 Å². The van der Waals surface area contributed by atoms with Gasteiger partial charge in [0.25, 0.3) is 0 Å².